The van der Waals surface area contributed by atoms with Gasteiger partial charge in [-0.25, -0.2) is 22.8 Å². The number of nitrogens with zero attached hydrogens (tertiary/aromatic N) is 3. The predicted molar refractivity (Wildman–Crippen MR) is 88.5 cm³/mol. The van der Waals surface area contributed by atoms with Crippen molar-refractivity contribution in [3.8, 4) is 0 Å². The molecule has 1 saturated carbocycles. The lowest BCUT2D eigenvalue weighted by molar-refractivity contribution is 0.278. The Bertz CT molecular complexity index is 658. The minimum Gasteiger partial charge on any atom is -0.310 e. The molecule has 1 unspecified atom stereocenters. The molecule has 1 aromatic rings. The van der Waals surface area contributed by atoms with Crippen LogP contribution in [0.25, 0.3) is 0 Å². The zero-order chi connectivity index (χ0) is 16.7. The third-order valence-electron chi connectivity index (χ3n) is 4.79. The summed E-state index contributed by atoms with van der Waals surface area (Å²) in [7, 11) is -3.34. The zero-order valence-corrected chi connectivity index (χ0v) is 15.0. The van der Waals surface area contributed by atoms with E-state index < -0.39 is 20.3 Å². The Balaban J connectivity index is 1.64. The minimum absolute atomic E-state index is 0.256. The first-order valence-corrected chi connectivity index (χ1v) is 9.83. The summed E-state index contributed by atoms with van der Waals surface area (Å²) in [4.78, 5) is 4.23. The van der Waals surface area contributed by atoms with Crippen LogP contribution in [0.1, 0.15) is 52.3 Å². The van der Waals surface area contributed by atoms with E-state index in [-0.39, 0.29) is 6.04 Å². The zero-order valence-electron chi connectivity index (χ0n) is 14.2. The van der Waals surface area contributed by atoms with E-state index in [1.807, 2.05) is 25.5 Å². The van der Waals surface area contributed by atoms with Crippen LogP contribution in [0.3, 0.4) is 0 Å². The van der Waals surface area contributed by atoms with Crippen LogP contribution in [-0.4, -0.2) is 46.1 Å². The van der Waals surface area contributed by atoms with Gasteiger partial charge in [-0.05, 0) is 40.0 Å². The summed E-state index contributed by atoms with van der Waals surface area (Å²) in [5.74, 6) is 1.02. The Hall–Kier alpha value is -0.990. The second-order valence-electron chi connectivity index (χ2n) is 7.87. The van der Waals surface area contributed by atoms with Crippen molar-refractivity contribution < 1.29 is 8.42 Å². The van der Waals surface area contributed by atoms with E-state index >= 15 is 0 Å². The van der Waals surface area contributed by atoms with E-state index in [2.05, 4.69) is 20.1 Å². The van der Waals surface area contributed by atoms with E-state index in [0.29, 0.717) is 6.54 Å². The van der Waals surface area contributed by atoms with Crippen LogP contribution in [0, 0.1) is 0 Å². The van der Waals surface area contributed by atoms with Gasteiger partial charge in [0, 0.05) is 24.5 Å². The van der Waals surface area contributed by atoms with Crippen molar-refractivity contribution in [2.24, 2.45) is 0 Å². The minimum atomic E-state index is -3.34. The fourth-order valence-corrected chi connectivity index (χ4v) is 5.48. The molecule has 8 heteroatoms. The average molecular weight is 341 g/mol. The van der Waals surface area contributed by atoms with E-state index in [1.165, 1.54) is 0 Å². The molecule has 1 aromatic heterocycles. The summed E-state index contributed by atoms with van der Waals surface area (Å²) >= 11 is 0. The van der Waals surface area contributed by atoms with Gasteiger partial charge in [0.2, 0.25) is 10.0 Å². The van der Waals surface area contributed by atoms with Crippen LogP contribution in [0.2, 0.25) is 0 Å². The summed E-state index contributed by atoms with van der Waals surface area (Å²) in [5, 5.41) is 7.70. The SMILES string of the molecule is CC(C)(C)NS(=O)(=O)C1(CNC2CCc3ncnn3C2)CCC1. The molecule has 0 saturated heterocycles. The number of aromatic nitrogens is 3. The molecule has 0 radical (unpaired) electrons. The van der Waals surface area contributed by atoms with E-state index in [9.17, 15) is 8.42 Å². The third kappa shape index (κ3) is 3.44. The predicted octanol–water partition coefficient (Wildman–Crippen LogP) is 0.823. The van der Waals surface area contributed by atoms with Gasteiger partial charge < -0.3 is 5.32 Å². The Morgan fingerprint density at radius 2 is 2.13 bits per heavy atom. The maximum Gasteiger partial charge on any atom is 0.219 e. The van der Waals surface area contributed by atoms with Crippen molar-refractivity contribution in [1.29, 1.82) is 0 Å². The summed E-state index contributed by atoms with van der Waals surface area (Å²) < 4.78 is 29.7. The van der Waals surface area contributed by atoms with E-state index in [1.54, 1.807) is 6.33 Å². The Morgan fingerprint density at radius 3 is 2.74 bits per heavy atom. The average Bonchev–Trinajstić information content (AvgIpc) is 2.81. The lowest BCUT2D eigenvalue weighted by atomic mass is 9.84. The molecule has 1 aliphatic heterocycles. The number of aryl methyl sites for hydroxylation is 1. The quantitative estimate of drug-likeness (QED) is 0.828. The standard InChI is InChI=1S/C15H27N5O2S/c1-14(2,3)19-23(21,22)15(7-4-8-15)10-16-12-5-6-13-17-11-18-20(13)9-12/h11-12,16,19H,4-10H2,1-3H3. The maximum atomic E-state index is 12.8. The molecule has 2 aliphatic rings. The first kappa shape index (κ1) is 16.9. The van der Waals surface area contributed by atoms with Crippen molar-refractivity contribution in [3.63, 3.8) is 0 Å². The van der Waals surface area contributed by atoms with Crippen molar-refractivity contribution in [2.75, 3.05) is 6.54 Å². The molecule has 3 rings (SSSR count). The number of hydrogen-bond acceptors (Lipinski definition) is 5. The van der Waals surface area contributed by atoms with Crippen molar-refractivity contribution in [1.82, 2.24) is 24.8 Å². The second kappa shape index (κ2) is 5.82. The highest BCUT2D eigenvalue weighted by Crippen LogP contribution is 2.39. The molecule has 0 spiro atoms. The van der Waals surface area contributed by atoms with Gasteiger partial charge in [0.25, 0.3) is 0 Å². The topological polar surface area (TPSA) is 88.9 Å². The number of nitrogens with one attached hydrogen (secondary N) is 2. The Labute approximate surface area is 138 Å². The first-order valence-electron chi connectivity index (χ1n) is 8.34. The molecule has 0 aromatic carbocycles. The molecule has 7 nitrogen and oxygen atoms in total. The number of hydrogen-bond donors (Lipinski definition) is 2. The normalized spacial score (nSPS) is 24.0. The largest absolute Gasteiger partial charge is 0.310 e. The van der Waals surface area contributed by atoms with Crippen molar-refractivity contribution in [2.45, 2.75) is 75.7 Å². The van der Waals surface area contributed by atoms with Crippen LogP contribution in [0.5, 0.6) is 0 Å². The van der Waals surface area contributed by atoms with Gasteiger partial charge in [0.1, 0.15) is 12.2 Å². The van der Waals surface area contributed by atoms with Gasteiger partial charge in [-0.3, -0.25) is 0 Å². The summed E-state index contributed by atoms with van der Waals surface area (Å²) in [6.07, 6.45) is 5.88. The molecule has 0 amide bonds. The molecular weight excluding hydrogens is 314 g/mol. The van der Waals surface area contributed by atoms with Gasteiger partial charge in [0.05, 0.1) is 11.3 Å². The summed E-state index contributed by atoms with van der Waals surface area (Å²) in [5.41, 5.74) is -0.443. The molecule has 1 atom stereocenters. The lowest BCUT2D eigenvalue weighted by Gasteiger charge is -2.43. The van der Waals surface area contributed by atoms with Gasteiger partial charge in [-0.15, -0.1) is 0 Å². The van der Waals surface area contributed by atoms with E-state index in [0.717, 1.165) is 44.5 Å². The van der Waals surface area contributed by atoms with Gasteiger partial charge in [-0.2, -0.15) is 5.10 Å². The number of fused-ring (bicyclic) bond motifs is 1. The molecule has 2 N–H and O–H groups in total. The number of rotatable bonds is 5. The lowest BCUT2D eigenvalue weighted by Crippen LogP contribution is -2.61. The van der Waals surface area contributed by atoms with Crippen LogP contribution in [-0.2, 0) is 23.0 Å². The van der Waals surface area contributed by atoms with Crippen LogP contribution >= 0.6 is 0 Å². The third-order valence-corrected chi connectivity index (χ3v) is 7.37. The van der Waals surface area contributed by atoms with Gasteiger partial charge >= 0.3 is 0 Å². The monoisotopic (exact) mass is 341 g/mol. The first-order chi connectivity index (χ1) is 10.7. The van der Waals surface area contributed by atoms with Crippen LogP contribution < -0.4 is 10.0 Å². The van der Waals surface area contributed by atoms with Crippen LogP contribution in [0.4, 0.5) is 0 Å². The second-order valence-corrected chi connectivity index (χ2v) is 9.94. The summed E-state index contributed by atoms with van der Waals surface area (Å²) in [6, 6.07) is 0.256. The molecule has 2 heterocycles. The highest BCUT2D eigenvalue weighted by molar-refractivity contribution is 7.91. The molecule has 1 aliphatic carbocycles. The Kier molecular flexibility index (Phi) is 4.27. The van der Waals surface area contributed by atoms with E-state index in [4.69, 9.17) is 0 Å². The van der Waals surface area contributed by atoms with Gasteiger partial charge in [0.15, 0.2) is 0 Å². The van der Waals surface area contributed by atoms with Crippen LogP contribution in [0.15, 0.2) is 6.33 Å². The fourth-order valence-electron chi connectivity index (χ4n) is 3.36. The van der Waals surface area contributed by atoms with Gasteiger partial charge in [-0.1, -0.05) is 6.42 Å². The molecule has 130 valence electrons. The number of sulfonamides is 1. The van der Waals surface area contributed by atoms with Crippen molar-refractivity contribution in [3.05, 3.63) is 12.2 Å². The summed E-state index contributed by atoms with van der Waals surface area (Å²) in [6.45, 7) is 6.93. The maximum absolute atomic E-state index is 12.8. The highest BCUT2D eigenvalue weighted by Gasteiger charge is 2.49. The molecular formula is C15H27N5O2S. The molecule has 1 fully saturated rings. The van der Waals surface area contributed by atoms with Crippen molar-refractivity contribution >= 4 is 10.0 Å². The fraction of sp³-hybridized carbons (Fsp3) is 0.867. The molecule has 23 heavy (non-hydrogen) atoms. The highest BCUT2D eigenvalue weighted by atomic mass is 32.2. The Morgan fingerprint density at radius 1 is 1.39 bits per heavy atom. The smallest absolute Gasteiger partial charge is 0.219 e. The molecule has 0 bridgehead atoms.